The minimum absolute atomic E-state index is 0.0318. The first-order valence-corrected chi connectivity index (χ1v) is 8.04. The van der Waals surface area contributed by atoms with Gasteiger partial charge in [0.05, 0.1) is 0 Å². The largest absolute Gasteiger partial charge is 0.351 e. The van der Waals surface area contributed by atoms with E-state index in [0.29, 0.717) is 6.54 Å². The summed E-state index contributed by atoms with van der Waals surface area (Å²) in [7, 11) is 0. The first-order valence-electron chi connectivity index (χ1n) is 6.82. The van der Waals surface area contributed by atoms with E-state index in [4.69, 9.17) is 5.73 Å². The quantitative estimate of drug-likeness (QED) is 0.839. The van der Waals surface area contributed by atoms with E-state index in [1.54, 1.807) is 0 Å². The van der Waals surface area contributed by atoms with Crippen molar-refractivity contribution < 1.29 is 4.79 Å². The Morgan fingerprint density at radius 3 is 2.74 bits per heavy atom. The molecule has 104 valence electrons. The normalized spacial score (nSPS) is 16.7. The van der Waals surface area contributed by atoms with Crippen molar-refractivity contribution in [2.24, 2.45) is 5.73 Å². The third kappa shape index (κ3) is 3.31. The summed E-state index contributed by atoms with van der Waals surface area (Å²) < 4.78 is 0.276. The van der Waals surface area contributed by atoms with E-state index in [1.807, 2.05) is 36.0 Å². The summed E-state index contributed by atoms with van der Waals surface area (Å²) in [5.41, 5.74) is 7.39. The van der Waals surface area contributed by atoms with Crippen LogP contribution >= 0.6 is 11.8 Å². The molecule has 2 rings (SSSR count). The summed E-state index contributed by atoms with van der Waals surface area (Å²) in [5.74, 6) is 0.0318. The van der Waals surface area contributed by atoms with Gasteiger partial charge in [-0.3, -0.25) is 4.79 Å². The lowest BCUT2D eigenvalue weighted by molar-refractivity contribution is 0.0943. The number of benzene rings is 1. The van der Waals surface area contributed by atoms with Gasteiger partial charge in [-0.15, -0.1) is 0 Å². The Morgan fingerprint density at radius 1 is 1.42 bits per heavy atom. The van der Waals surface area contributed by atoms with Crippen molar-refractivity contribution in [3.63, 3.8) is 0 Å². The zero-order valence-electron chi connectivity index (χ0n) is 11.4. The van der Waals surface area contributed by atoms with Crippen molar-refractivity contribution in [1.29, 1.82) is 0 Å². The molecule has 1 amide bonds. The van der Waals surface area contributed by atoms with Crippen LogP contribution in [0.1, 0.15) is 35.2 Å². The van der Waals surface area contributed by atoms with E-state index in [1.165, 1.54) is 19.3 Å². The average molecular weight is 278 g/mol. The molecule has 0 saturated heterocycles. The van der Waals surface area contributed by atoms with E-state index in [0.717, 1.165) is 24.1 Å². The molecule has 1 aromatic rings. The third-order valence-corrected chi connectivity index (χ3v) is 5.36. The summed E-state index contributed by atoms with van der Waals surface area (Å²) in [6.45, 7) is 1.34. The molecule has 0 aliphatic heterocycles. The number of nitrogens with one attached hydrogen (secondary N) is 1. The molecule has 0 spiro atoms. The van der Waals surface area contributed by atoms with Crippen molar-refractivity contribution in [1.82, 2.24) is 5.32 Å². The van der Waals surface area contributed by atoms with Gasteiger partial charge in [0.1, 0.15) is 0 Å². The molecule has 0 atom stereocenters. The van der Waals surface area contributed by atoms with Gasteiger partial charge in [-0.05, 0) is 43.7 Å². The van der Waals surface area contributed by atoms with Crippen molar-refractivity contribution in [3.8, 4) is 0 Å². The molecule has 3 N–H and O–H groups in total. The molecular weight excluding hydrogens is 256 g/mol. The average Bonchev–Trinajstić information content (AvgIpc) is 2.39. The van der Waals surface area contributed by atoms with Crippen LogP contribution in [-0.2, 0) is 6.42 Å². The highest BCUT2D eigenvalue weighted by molar-refractivity contribution is 8.00. The van der Waals surface area contributed by atoms with Gasteiger partial charge < -0.3 is 11.1 Å². The minimum Gasteiger partial charge on any atom is -0.351 e. The van der Waals surface area contributed by atoms with Crippen LogP contribution in [-0.4, -0.2) is 30.0 Å². The summed E-state index contributed by atoms with van der Waals surface area (Å²) in [6, 6.07) is 7.72. The number of rotatable bonds is 6. The van der Waals surface area contributed by atoms with Gasteiger partial charge in [0.15, 0.2) is 0 Å². The maximum absolute atomic E-state index is 12.3. The number of carbonyl (C=O) groups excluding carboxylic acids is 1. The second-order valence-electron chi connectivity index (χ2n) is 5.12. The van der Waals surface area contributed by atoms with Crippen LogP contribution in [0, 0.1) is 0 Å². The molecule has 0 unspecified atom stereocenters. The second-order valence-corrected chi connectivity index (χ2v) is 6.39. The Kier molecular flexibility index (Phi) is 4.88. The highest BCUT2D eigenvalue weighted by Crippen LogP contribution is 2.42. The monoisotopic (exact) mass is 278 g/mol. The Balaban J connectivity index is 1.99. The molecule has 0 heterocycles. The van der Waals surface area contributed by atoms with Gasteiger partial charge in [-0.1, -0.05) is 24.6 Å². The standard InChI is InChI=1S/C15H22N2OS/c1-19-15(8-4-9-15)11-17-14(18)13-6-3-2-5-12(13)7-10-16/h2-3,5-6H,4,7-11,16H2,1H3,(H,17,18). The van der Waals surface area contributed by atoms with Crippen LogP contribution in [0.2, 0.25) is 0 Å². The predicted octanol–water partition coefficient (Wildman–Crippen LogP) is 2.20. The molecule has 3 nitrogen and oxygen atoms in total. The summed E-state index contributed by atoms with van der Waals surface area (Å²) >= 11 is 1.88. The van der Waals surface area contributed by atoms with Crippen LogP contribution in [0.15, 0.2) is 24.3 Å². The Bertz CT molecular complexity index is 438. The number of nitrogens with two attached hydrogens (primary N) is 1. The first-order chi connectivity index (χ1) is 9.21. The van der Waals surface area contributed by atoms with Crippen molar-refractivity contribution >= 4 is 17.7 Å². The molecule has 4 heteroatoms. The number of thioether (sulfide) groups is 1. The van der Waals surface area contributed by atoms with Crippen LogP contribution in [0.4, 0.5) is 0 Å². The molecule has 1 aromatic carbocycles. The fourth-order valence-electron chi connectivity index (χ4n) is 2.48. The number of hydrogen-bond acceptors (Lipinski definition) is 3. The molecule has 1 aliphatic rings. The van der Waals surface area contributed by atoms with E-state index in [2.05, 4.69) is 11.6 Å². The Morgan fingerprint density at radius 2 is 2.16 bits per heavy atom. The van der Waals surface area contributed by atoms with Gasteiger partial charge >= 0.3 is 0 Å². The molecule has 0 aromatic heterocycles. The van der Waals surface area contributed by atoms with Crippen molar-refractivity contribution in [2.75, 3.05) is 19.3 Å². The van der Waals surface area contributed by atoms with Gasteiger partial charge in [0.25, 0.3) is 5.91 Å². The molecule has 1 fully saturated rings. The molecular formula is C15H22N2OS. The van der Waals surface area contributed by atoms with Crippen molar-refractivity contribution in [2.45, 2.75) is 30.4 Å². The first kappa shape index (κ1) is 14.4. The maximum Gasteiger partial charge on any atom is 0.251 e. The van der Waals surface area contributed by atoms with Crippen LogP contribution in [0.25, 0.3) is 0 Å². The highest BCUT2D eigenvalue weighted by Gasteiger charge is 2.36. The van der Waals surface area contributed by atoms with Gasteiger partial charge in [-0.2, -0.15) is 11.8 Å². The van der Waals surface area contributed by atoms with Gasteiger partial charge in [-0.25, -0.2) is 0 Å². The SMILES string of the molecule is CSC1(CNC(=O)c2ccccc2CCN)CCC1. The number of amides is 1. The van der Waals surface area contributed by atoms with Gasteiger partial charge in [0.2, 0.25) is 0 Å². The summed E-state index contributed by atoms with van der Waals surface area (Å²) in [5, 5.41) is 3.09. The van der Waals surface area contributed by atoms with E-state index in [9.17, 15) is 4.79 Å². The molecule has 19 heavy (non-hydrogen) atoms. The van der Waals surface area contributed by atoms with Crippen LogP contribution in [0.5, 0.6) is 0 Å². The molecule has 0 bridgehead atoms. The Hall–Kier alpha value is -1.00. The lowest BCUT2D eigenvalue weighted by atomic mass is 9.84. The third-order valence-electron chi connectivity index (χ3n) is 3.94. The maximum atomic E-state index is 12.3. The lowest BCUT2D eigenvalue weighted by Gasteiger charge is -2.40. The number of hydrogen-bond donors (Lipinski definition) is 2. The van der Waals surface area contributed by atoms with Crippen LogP contribution in [0.3, 0.4) is 0 Å². The smallest absolute Gasteiger partial charge is 0.251 e. The van der Waals surface area contributed by atoms with E-state index in [-0.39, 0.29) is 10.7 Å². The Labute approximate surface area is 119 Å². The fraction of sp³-hybridized carbons (Fsp3) is 0.533. The van der Waals surface area contributed by atoms with Crippen molar-refractivity contribution in [3.05, 3.63) is 35.4 Å². The second kappa shape index (κ2) is 6.44. The lowest BCUT2D eigenvalue weighted by Crippen LogP contribution is -2.45. The zero-order chi connectivity index (χ0) is 13.7. The summed E-state index contributed by atoms with van der Waals surface area (Å²) in [4.78, 5) is 12.3. The molecule has 0 radical (unpaired) electrons. The summed E-state index contributed by atoms with van der Waals surface area (Å²) in [6.07, 6.45) is 6.57. The zero-order valence-corrected chi connectivity index (χ0v) is 12.3. The predicted molar refractivity (Wildman–Crippen MR) is 81.6 cm³/mol. The number of carbonyl (C=O) groups is 1. The molecule has 1 aliphatic carbocycles. The highest BCUT2D eigenvalue weighted by atomic mass is 32.2. The van der Waals surface area contributed by atoms with E-state index >= 15 is 0 Å². The fourth-order valence-corrected chi connectivity index (χ4v) is 3.39. The van der Waals surface area contributed by atoms with Gasteiger partial charge in [0, 0.05) is 16.9 Å². The minimum atomic E-state index is 0.0318. The molecule has 1 saturated carbocycles. The topological polar surface area (TPSA) is 55.1 Å². The van der Waals surface area contributed by atoms with Crippen LogP contribution < -0.4 is 11.1 Å². The van der Waals surface area contributed by atoms with E-state index < -0.39 is 0 Å².